The van der Waals surface area contributed by atoms with Crippen LogP contribution in [0.15, 0.2) is 6.07 Å². The molecule has 1 saturated heterocycles. The first kappa shape index (κ1) is 14.3. The molecule has 0 amide bonds. The normalized spacial score (nSPS) is 22.8. The summed E-state index contributed by atoms with van der Waals surface area (Å²) in [5, 5.41) is 9.71. The molecule has 1 unspecified atom stereocenters. The molecule has 0 spiro atoms. The molecule has 2 rings (SSSR count). The van der Waals surface area contributed by atoms with Gasteiger partial charge in [-0.1, -0.05) is 18.5 Å². The smallest absolute Gasteiger partial charge is 0.319 e. The third-order valence-corrected chi connectivity index (χ3v) is 4.15. The summed E-state index contributed by atoms with van der Waals surface area (Å²) in [6, 6.07) is 2.04. The number of methoxy groups -OCH3 is 1. The molecular formula is C13H20ClN3O2. The van der Waals surface area contributed by atoms with Gasteiger partial charge in [0.2, 0.25) is 0 Å². The average Bonchev–Trinajstić information content (AvgIpc) is 2.82. The fourth-order valence-corrected chi connectivity index (χ4v) is 3.09. The lowest BCUT2D eigenvalue weighted by molar-refractivity contribution is 0.233. The van der Waals surface area contributed by atoms with E-state index in [0.29, 0.717) is 5.15 Å². The van der Waals surface area contributed by atoms with Crippen LogP contribution in [0.5, 0.6) is 6.01 Å². The number of ether oxygens (including phenoxy) is 1. The number of aliphatic hydroxyl groups excluding tert-OH is 1. The number of hydrogen-bond donors (Lipinski definition) is 1. The highest BCUT2D eigenvalue weighted by Gasteiger charge is 2.39. The molecule has 0 bridgehead atoms. The lowest BCUT2D eigenvalue weighted by atomic mass is 9.89. The molecule has 19 heavy (non-hydrogen) atoms. The minimum atomic E-state index is -0.0303. The Balaban J connectivity index is 2.36. The van der Waals surface area contributed by atoms with Gasteiger partial charge in [0.1, 0.15) is 11.0 Å². The van der Waals surface area contributed by atoms with E-state index in [9.17, 15) is 5.11 Å². The molecule has 0 aliphatic carbocycles. The molecule has 5 nitrogen and oxygen atoms in total. The van der Waals surface area contributed by atoms with Crippen LogP contribution in [0.2, 0.25) is 5.15 Å². The van der Waals surface area contributed by atoms with Gasteiger partial charge >= 0.3 is 6.01 Å². The Morgan fingerprint density at radius 1 is 1.53 bits per heavy atom. The minimum Gasteiger partial charge on any atom is -0.467 e. The van der Waals surface area contributed by atoms with Crippen LogP contribution in [-0.4, -0.2) is 40.9 Å². The molecule has 1 atom stereocenters. The average molecular weight is 286 g/mol. The van der Waals surface area contributed by atoms with E-state index >= 15 is 0 Å². The molecule has 0 radical (unpaired) electrons. The van der Waals surface area contributed by atoms with Crippen LogP contribution in [0.3, 0.4) is 0 Å². The van der Waals surface area contributed by atoms with Crippen molar-refractivity contribution in [3.05, 3.63) is 11.2 Å². The van der Waals surface area contributed by atoms with E-state index in [4.69, 9.17) is 16.3 Å². The van der Waals surface area contributed by atoms with E-state index in [-0.39, 0.29) is 18.2 Å². The quantitative estimate of drug-likeness (QED) is 0.841. The zero-order valence-corrected chi connectivity index (χ0v) is 12.2. The van der Waals surface area contributed by atoms with Crippen molar-refractivity contribution in [1.82, 2.24) is 9.97 Å². The van der Waals surface area contributed by atoms with Crippen LogP contribution < -0.4 is 9.64 Å². The first-order valence-corrected chi connectivity index (χ1v) is 7.00. The van der Waals surface area contributed by atoms with Crippen LogP contribution in [0.1, 0.15) is 32.6 Å². The van der Waals surface area contributed by atoms with E-state index in [2.05, 4.69) is 21.8 Å². The number of nitrogens with zero attached hydrogens (tertiary/aromatic N) is 3. The summed E-state index contributed by atoms with van der Waals surface area (Å²) in [6.45, 7) is 3.25. The standard InChI is InChI=1S/C13H20ClN3O2/c1-3-13(6-8-18)5-4-7-17(13)11-9-10(14)15-12(16-11)19-2/h9,18H,3-8H2,1-2H3. The van der Waals surface area contributed by atoms with Gasteiger partial charge in [0.15, 0.2) is 0 Å². The molecule has 0 saturated carbocycles. The Hall–Kier alpha value is -1.07. The van der Waals surface area contributed by atoms with Crippen LogP contribution in [0.4, 0.5) is 5.82 Å². The van der Waals surface area contributed by atoms with E-state index in [1.54, 1.807) is 6.07 Å². The molecule has 1 aliphatic heterocycles. The first-order valence-electron chi connectivity index (χ1n) is 6.62. The predicted octanol–water partition coefficient (Wildman–Crippen LogP) is 2.27. The second kappa shape index (κ2) is 5.92. The lowest BCUT2D eigenvalue weighted by Gasteiger charge is -2.38. The van der Waals surface area contributed by atoms with Crippen LogP contribution >= 0.6 is 11.6 Å². The first-order chi connectivity index (χ1) is 9.15. The largest absolute Gasteiger partial charge is 0.467 e. The lowest BCUT2D eigenvalue weighted by Crippen LogP contribution is -2.44. The topological polar surface area (TPSA) is 58.5 Å². The Labute approximate surface area is 118 Å². The van der Waals surface area contributed by atoms with Gasteiger partial charge in [-0.3, -0.25) is 0 Å². The maximum Gasteiger partial charge on any atom is 0.319 e. The number of aromatic nitrogens is 2. The number of anilines is 1. The Kier molecular flexibility index (Phi) is 4.47. The van der Waals surface area contributed by atoms with Gasteiger partial charge in [-0.2, -0.15) is 9.97 Å². The Morgan fingerprint density at radius 3 is 2.95 bits per heavy atom. The summed E-state index contributed by atoms with van der Waals surface area (Å²) in [6.07, 6.45) is 3.87. The van der Waals surface area contributed by atoms with Crippen molar-refractivity contribution in [2.75, 3.05) is 25.2 Å². The zero-order chi connectivity index (χ0) is 13.9. The molecular weight excluding hydrogens is 266 g/mol. The Bertz CT molecular complexity index is 444. The van der Waals surface area contributed by atoms with Crippen LogP contribution in [0, 0.1) is 0 Å². The van der Waals surface area contributed by atoms with Gasteiger partial charge in [-0.05, 0) is 25.7 Å². The van der Waals surface area contributed by atoms with Gasteiger partial charge in [0, 0.05) is 24.8 Å². The summed E-state index contributed by atoms with van der Waals surface area (Å²) >= 11 is 6.01. The summed E-state index contributed by atoms with van der Waals surface area (Å²) in [5.74, 6) is 0.782. The zero-order valence-electron chi connectivity index (χ0n) is 11.4. The van der Waals surface area contributed by atoms with Gasteiger partial charge in [-0.15, -0.1) is 0 Å². The van der Waals surface area contributed by atoms with Gasteiger partial charge < -0.3 is 14.7 Å². The molecule has 1 N–H and O–H groups in total. The third-order valence-electron chi connectivity index (χ3n) is 3.95. The van der Waals surface area contributed by atoms with Gasteiger partial charge in [0.05, 0.1) is 7.11 Å². The summed E-state index contributed by atoms with van der Waals surface area (Å²) in [4.78, 5) is 10.6. The molecule has 1 aromatic heterocycles. The van der Waals surface area contributed by atoms with E-state index in [1.807, 2.05) is 0 Å². The fraction of sp³-hybridized carbons (Fsp3) is 0.692. The molecule has 6 heteroatoms. The van der Waals surface area contributed by atoms with Crippen molar-refractivity contribution in [3.8, 4) is 6.01 Å². The highest BCUT2D eigenvalue weighted by Crippen LogP contribution is 2.39. The highest BCUT2D eigenvalue weighted by atomic mass is 35.5. The van der Waals surface area contributed by atoms with Gasteiger partial charge in [0.25, 0.3) is 0 Å². The van der Waals surface area contributed by atoms with Crippen molar-refractivity contribution in [1.29, 1.82) is 0 Å². The van der Waals surface area contributed by atoms with Gasteiger partial charge in [-0.25, -0.2) is 0 Å². The van der Waals surface area contributed by atoms with Crippen molar-refractivity contribution >= 4 is 17.4 Å². The van der Waals surface area contributed by atoms with Crippen molar-refractivity contribution in [2.45, 2.75) is 38.1 Å². The monoisotopic (exact) mass is 285 g/mol. The van der Waals surface area contributed by atoms with Crippen molar-refractivity contribution in [3.63, 3.8) is 0 Å². The Morgan fingerprint density at radius 2 is 2.32 bits per heavy atom. The third kappa shape index (κ3) is 2.77. The molecule has 2 heterocycles. The molecule has 106 valence electrons. The molecule has 1 aliphatic rings. The van der Waals surface area contributed by atoms with E-state index in [0.717, 1.165) is 38.0 Å². The maximum absolute atomic E-state index is 9.33. The number of hydrogen-bond acceptors (Lipinski definition) is 5. The summed E-state index contributed by atoms with van der Waals surface area (Å²) in [5.41, 5.74) is -0.0303. The second-order valence-electron chi connectivity index (χ2n) is 4.84. The minimum absolute atomic E-state index is 0.0303. The van der Waals surface area contributed by atoms with Crippen molar-refractivity contribution < 1.29 is 9.84 Å². The maximum atomic E-state index is 9.33. The fourth-order valence-electron chi connectivity index (χ4n) is 2.92. The van der Waals surface area contributed by atoms with Crippen LogP contribution in [0.25, 0.3) is 0 Å². The van der Waals surface area contributed by atoms with E-state index < -0.39 is 0 Å². The van der Waals surface area contributed by atoms with E-state index in [1.165, 1.54) is 7.11 Å². The number of aliphatic hydroxyl groups is 1. The molecule has 0 aromatic carbocycles. The highest BCUT2D eigenvalue weighted by molar-refractivity contribution is 6.29. The van der Waals surface area contributed by atoms with Crippen molar-refractivity contribution in [2.24, 2.45) is 0 Å². The second-order valence-corrected chi connectivity index (χ2v) is 5.23. The summed E-state index contributed by atoms with van der Waals surface area (Å²) in [7, 11) is 1.53. The number of rotatable bonds is 5. The van der Waals surface area contributed by atoms with Crippen LogP contribution in [-0.2, 0) is 0 Å². The molecule has 1 aromatic rings. The SMILES string of the molecule is CCC1(CCO)CCCN1c1cc(Cl)nc(OC)n1. The molecule has 1 fully saturated rings. The summed E-state index contributed by atoms with van der Waals surface area (Å²) < 4.78 is 5.07. The number of halogens is 1. The predicted molar refractivity (Wildman–Crippen MR) is 74.9 cm³/mol.